The molecular formula is C28H25ClF2N8O2. The van der Waals surface area contributed by atoms with Crippen LogP contribution in [-0.2, 0) is 4.79 Å². The number of carbonyl (C=O) groups is 1. The van der Waals surface area contributed by atoms with Crippen molar-refractivity contribution in [1.29, 1.82) is 0 Å². The number of halogens is 3. The molecule has 6 rings (SSSR count). The van der Waals surface area contributed by atoms with Crippen molar-refractivity contribution in [3.8, 4) is 16.9 Å². The van der Waals surface area contributed by atoms with Crippen LogP contribution in [0.25, 0.3) is 22.0 Å². The summed E-state index contributed by atoms with van der Waals surface area (Å²) in [5.41, 5.74) is -0.713. The molecule has 0 aliphatic carbocycles. The van der Waals surface area contributed by atoms with Gasteiger partial charge in [0.2, 0.25) is 17.8 Å². The van der Waals surface area contributed by atoms with Crippen LogP contribution in [0.3, 0.4) is 0 Å². The molecule has 41 heavy (non-hydrogen) atoms. The molecule has 0 spiro atoms. The number of hydrogen-bond acceptors (Lipinski definition) is 9. The molecule has 1 amide bonds. The van der Waals surface area contributed by atoms with E-state index in [-0.39, 0.29) is 39.6 Å². The summed E-state index contributed by atoms with van der Waals surface area (Å²) in [7, 11) is 0. The van der Waals surface area contributed by atoms with Crippen molar-refractivity contribution in [2.45, 2.75) is 6.04 Å². The van der Waals surface area contributed by atoms with Crippen LogP contribution in [0.15, 0.2) is 55.4 Å². The molecule has 4 heterocycles. The predicted molar refractivity (Wildman–Crippen MR) is 152 cm³/mol. The van der Waals surface area contributed by atoms with Gasteiger partial charge in [0.15, 0.2) is 5.82 Å². The first-order valence-electron chi connectivity index (χ1n) is 13.0. The second-order valence-electron chi connectivity index (χ2n) is 9.76. The van der Waals surface area contributed by atoms with E-state index in [0.717, 1.165) is 6.07 Å². The fourth-order valence-electron chi connectivity index (χ4n) is 5.11. The molecule has 13 heteroatoms. The number of fused-ring (bicyclic) bond motifs is 1. The number of benzene rings is 2. The molecule has 210 valence electrons. The van der Waals surface area contributed by atoms with Gasteiger partial charge in [0.05, 0.1) is 16.6 Å². The van der Waals surface area contributed by atoms with E-state index in [1.54, 1.807) is 23.4 Å². The zero-order valence-electron chi connectivity index (χ0n) is 21.8. The van der Waals surface area contributed by atoms with Gasteiger partial charge in [0.1, 0.15) is 22.9 Å². The topological polar surface area (TPSA) is 111 Å². The molecule has 2 aliphatic heterocycles. The van der Waals surface area contributed by atoms with Crippen LogP contribution < -0.4 is 15.1 Å². The summed E-state index contributed by atoms with van der Waals surface area (Å²) in [6, 6.07) is 6.88. The minimum absolute atomic E-state index is 0.0587. The number of aromatic hydroxyl groups is 1. The lowest BCUT2D eigenvalue weighted by molar-refractivity contribution is -0.126. The number of piperazine rings is 1. The Balaban J connectivity index is 1.39. The number of phenolic OH excluding ortho intramolecular Hbond substituents is 1. The molecule has 2 aromatic carbocycles. The standard InChI is InChI=1S/C28H25ClF2N8O2/c1-2-21(41)37-9-11-38(12-10-37)26-17-13-18(29)22(23-19(30)5-3-6-20(23)40)24(31)25(17)35-27(36-26)34-16-14-39(15-16)28-32-7-4-8-33-28/h2-8,13,16,40H,1,9-12,14-15H2,(H,34,35,36). The van der Waals surface area contributed by atoms with Gasteiger partial charge in [-0.05, 0) is 30.3 Å². The summed E-state index contributed by atoms with van der Waals surface area (Å²) < 4.78 is 31.0. The van der Waals surface area contributed by atoms with E-state index in [1.165, 1.54) is 24.3 Å². The Labute approximate surface area is 238 Å². The van der Waals surface area contributed by atoms with Crippen molar-refractivity contribution >= 4 is 46.1 Å². The molecule has 0 unspecified atom stereocenters. The molecule has 2 fully saturated rings. The number of nitrogens with zero attached hydrogens (tertiary/aromatic N) is 7. The highest BCUT2D eigenvalue weighted by molar-refractivity contribution is 6.34. The van der Waals surface area contributed by atoms with E-state index in [9.17, 15) is 14.3 Å². The van der Waals surface area contributed by atoms with Crippen LogP contribution in [0.2, 0.25) is 5.02 Å². The number of aromatic nitrogens is 4. The molecule has 2 aromatic heterocycles. The highest BCUT2D eigenvalue weighted by atomic mass is 35.5. The summed E-state index contributed by atoms with van der Waals surface area (Å²) in [5.74, 6) is -1.10. The second kappa shape index (κ2) is 10.8. The Kier molecular flexibility index (Phi) is 7.00. The zero-order chi connectivity index (χ0) is 28.7. The van der Waals surface area contributed by atoms with E-state index in [4.69, 9.17) is 16.6 Å². The van der Waals surface area contributed by atoms with Crippen LogP contribution in [0.4, 0.5) is 26.5 Å². The largest absolute Gasteiger partial charge is 0.507 e. The van der Waals surface area contributed by atoms with Gasteiger partial charge < -0.3 is 25.1 Å². The quantitative estimate of drug-likeness (QED) is 0.330. The van der Waals surface area contributed by atoms with Crippen molar-refractivity contribution in [3.63, 3.8) is 0 Å². The smallest absolute Gasteiger partial charge is 0.246 e. The number of carbonyl (C=O) groups excluding carboxylic acids is 1. The third-order valence-electron chi connectivity index (χ3n) is 7.22. The van der Waals surface area contributed by atoms with Crippen molar-refractivity contribution in [2.24, 2.45) is 0 Å². The Morgan fingerprint density at radius 2 is 1.78 bits per heavy atom. The Morgan fingerprint density at radius 3 is 2.46 bits per heavy atom. The summed E-state index contributed by atoms with van der Waals surface area (Å²) in [6.45, 7) is 6.43. The maximum absolute atomic E-state index is 16.2. The molecule has 10 nitrogen and oxygen atoms in total. The first kappa shape index (κ1) is 26.6. The number of nitrogens with one attached hydrogen (secondary N) is 1. The van der Waals surface area contributed by atoms with Crippen LogP contribution >= 0.6 is 11.6 Å². The Bertz CT molecular complexity index is 1620. The van der Waals surface area contributed by atoms with Gasteiger partial charge in [0, 0.05) is 62.6 Å². The maximum atomic E-state index is 16.2. The van der Waals surface area contributed by atoms with E-state index in [0.29, 0.717) is 56.4 Å². The van der Waals surface area contributed by atoms with Crippen LogP contribution in [-0.4, -0.2) is 81.2 Å². The summed E-state index contributed by atoms with van der Waals surface area (Å²) in [6.07, 6.45) is 4.61. The average molecular weight is 579 g/mol. The fraction of sp³-hybridized carbons (Fsp3) is 0.250. The molecule has 2 aliphatic rings. The number of anilines is 3. The number of amides is 1. The van der Waals surface area contributed by atoms with E-state index in [1.807, 2.05) is 9.80 Å². The van der Waals surface area contributed by atoms with Gasteiger partial charge in [-0.15, -0.1) is 0 Å². The molecule has 0 bridgehead atoms. The minimum Gasteiger partial charge on any atom is -0.507 e. The Hall–Kier alpha value is -4.58. The molecule has 0 saturated carbocycles. The number of rotatable bonds is 6. The monoisotopic (exact) mass is 578 g/mol. The SMILES string of the molecule is C=CC(=O)N1CCN(c2nc(NC3CN(c4ncccn4)C3)nc3c(F)c(-c4c(O)cccc4F)c(Cl)cc23)CC1. The van der Waals surface area contributed by atoms with Crippen LogP contribution in [0, 0.1) is 11.6 Å². The number of phenols is 1. The third kappa shape index (κ3) is 4.95. The molecule has 4 aromatic rings. The van der Waals surface area contributed by atoms with Gasteiger partial charge >= 0.3 is 0 Å². The summed E-state index contributed by atoms with van der Waals surface area (Å²) >= 11 is 6.52. The third-order valence-corrected chi connectivity index (χ3v) is 7.52. The van der Waals surface area contributed by atoms with Crippen molar-refractivity contribution in [2.75, 3.05) is 54.4 Å². The minimum atomic E-state index is -0.881. The Morgan fingerprint density at radius 1 is 1.05 bits per heavy atom. The molecule has 0 atom stereocenters. The maximum Gasteiger partial charge on any atom is 0.246 e. The second-order valence-corrected chi connectivity index (χ2v) is 10.2. The first-order valence-corrected chi connectivity index (χ1v) is 13.3. The van der Waals surface area contributed by atoms with Crippen molar-refractivity contribution < 1.29 is 18.7 Å². The van der Waals surface area contributed by atoms with Gasteiger partial charge in [-0.1, -0.05) is 24.2 Å². The lowest BCUT2D eigenvalue weighted by atomic mass is 10.0. The predicted octanol–water partition coefficient (Wildman–Crippen LogP) is 3.86. The van der Waals surface area contributed by atoms with E-state index in [2.05, 4.69) is 26.8 Å². The van der Waals surface area contributed by atoms with Crippen LogP contribution in [0.5, 0.6) is 5.75 Å². The van der Waals surface area contributed by atoms with Gasteiger partial charge in [-0.3, -0.25) is 4.79 Å². The van der Waals surface area contributed by atoms with E-state index >= 15 is 4.39 Å². The molecular weight excluding hydrogens is 554 g/mol. The molecule has 2 saturated heterocycles. The molecule has 0 radical (unpaired) electrons. The number of hydrogen-bond donors (Lipinski definition) is 2. The van der Waals surface area contributed by atoms with Crippen LogP contribution in [0.1, 0.15) is 0 Å². The first-order chi connectivity index (χ1) is 19.8. The van der Waals surface area contributed by atoms with Crippen molar-refractivity contribution in [3.05, 3.63) is 72.0 Å². The average Bonchev–Trinajstić information content (AvgIpc) is 2.96. The highest BCUT2D eigenvalue weighted by Gasteiger charge is 2.31. The van der Waals surface area contributed by atoms with Gasteiger partial charge in [-0.25, -0.2) is 23.7 Å². The highest BCUT2D eigenvalue weighted by Crippen LogP contribution is 2.42. The summed E-state index contributed by atoms with van der Waals surface area (Å²) in [4.78, 5) is 35.4. The van der Waals surface area contributed by atoms with E-state index < -0.39 is 17.4 Å². The van der Waals surface area contributed by atoms with Crippen molar-refractivity contribution in [1.82, 2.24) is 24.8 Å². The van der Waals surface area contributed by atoms with Gasteiger partial charge in [-0.2, -0.15) is 4.98 Å². The lowest BCUT2D eigenvalue weighted by Crippen LogP contribution is -2.55. The lowest BCUT2D eigenvalue weighted by Gasteiger charge is -2.39. The molecule has 2 N–H and O–H groups in total. The van der Waals surface area contributed by atoms with Gasteiger partial charge in [0.25, 0.3) is 0 Å². The summed E-state index contributed by atoms with van der Waals surface area (Å²) in [5, 5.41) is 13.9. The zero-order valence-corrected chi connectivity index (χ0v) is 22.5. The normalized spacial score (nSPS) is 15.6. The fourth-order valence-corrected chi connectivity index (χ4v) is 5.40.